The van der Waals surface area contributed by atoms with Crippen molar-refractivity contribution in [1.82, 2.24) is 14.9 Å². The normalized spacial score (nSPS) is 15.6. The monoisotopic (exact) mass is 277 g/mol. The van der Waals surface area contributed by atoms with Gasteiger partial charge in [-0.2, -0.15) is 0 Å². The summed E-state index contributed by atoms with van der Waals surface area (Å²) >= 11 is 0. The van der Waals surface area contributed by atoms with Gasteiger partial charge >= 0.3 is 0 Å². The van der Waals surface area contributed by atoms with E-state index in [2.05, 4.69) is 39.3 Å². The van der Waals surface area contributed by atoms with Crippen LogP contribution in [0.3, 0.4) is 0 Å². The summed E-state index contributed by atoms with van der Waals surface area (Å²) in [5.41, 5.74) is 1.12. The molecule has 1 aromatic heterocycles. The number of aromatic nitrogens is 2. The number of nitrogens with zero attached hydrogens (tertiary/aromatic N) is 3. The molecule has 1 aliphatic rings. The predicted molar refractivity (Wildman–Crippen MR) is 84.5 cm³/mol. The Hall–Kier alpha value is -1.36. The Morgan fingerprint density at radius 3 is 2.20 bits per heavy atom. The number of hydrogen-bond acceptors (Lipinski definition) is 5. The van der Waals surface area contributed by atoms with Gasteiger partial charge in [-0.3, -0.25) is 0 Å². The molecule has 1 fully saturated rings. The average Bonchev–Trinajstić information content (AvgIpc) is 2.94. The van der Waals surface area contributed by atoms with Gasteiger partial charge in [0.2, 0.25) is 0 Å². The van der Waals surface area contributed by atoms with Crippen molar-refractivity contribution in [3.63, 3.8) is 0 Å². The van der Waals surface area contributed by atoms with Crippen molar-refractivity contribution in [3.8, 4) is 0 Å². The molecule has 1 saturated heterocycles. The van der Waals surface area contributed by atoms with Crippen LogP contribution in [0.4, 0.5) is 11.6 Å². The van der Waals surface area contributed by atoms with Gasteiger partial charge in [0, 0.05) is 25.2 Å². The lowest BCUT2D eigenvalue weighted by atomic mass is 10.3. The van der Waals surface area contributed by atoms with E-state index in [-0.39, 0.29) is 0 Å². The summed E-state index contributed by atoms with van der Waals surface area (Å²) in [5, 5.41) is 6.84. The van der Waals surface area contributed by atoms with E-state index in [1.165, 1.54) is 25.9 Å². The summed E-state index contributed by atoms with van der Waals surface area (Å²) in [5.74, 6) is 2.75. The van der Waals surface area contributed by atoms with Gasteiger partial charge in [0.25, 0.3) is 0 Å². The third-order valence-electron chi connectivity index (χ3n) is 3.72. The largest absolute Gasteiger partial charge is 0.370 e. The molecule has 0 spiro atoms. The van der Waals surface area contributed by atoms with Crippen LogP contribution in [-0.4, -0.2) is 47.6 Å². The van der Waals surface area contributed by atoms with Gasteiger partial charge in [0.05, 0.1) is 0 Å². The minimum Gasteiger partial charge on any atom is -0.370 e. The minimum absolute atomic E-state index is 0.817. The van der Waals surface area contributed by atoms with E-state index >= 15 is 0 Å². The van der Waals surface area contributed by atoms with Gasteiger partial charge in [-0.1, -0.05) is 6.92 Å². The maximum atomic E-state index is 4.52. The number of nitrogens with one attached hydrogen (secondary N) is 2. The second kappa shape index (κ2) is 7.43. The summed E-state index contributed by atoms with van der Waals surface area (Å²) in [6.07, 6.45) is 3.79. The zero-order valence-electron chi connectivity index (χ0n) is 13.0. The summed E-state index contributed by atoms with van der Waals surface area (Å²) in [4.78, 5) is 11.5. The first-order valence-electron chi connectivity index (χ1n) is 7.76. The molecule has 0 amide bonds. The Balaban J connectivity index is 1.93. The average molecular weight is 277 g/mol. The molecule has 0 aliphatic carbocycles. The van der Waals surface area contributed by atoms with Crippen molar-refractivity contribution in [2.45, 2.75) is 40.0 Å². The maximum absolute atomic E-state index is 4.52. The first-order valence-corrected chi connectivity index (χ1v) is 7.76. The predicted octanol–water partition coefficient (Wildman–Crippen LogP) is 2.42. The molecule has 20 heavy (non-hydrogen) atoms. The molecule has 0 aromatic carbocycles. The van der Waals surface area contributed by atoms with E-state index in [9.17, 15) is 0 Å². The molecule has 0 radical (unpaired) electrons. The lowest BCUT2D eigenvalue weighted by molar-refractivity contribution is 0.352. The van der Waals surface area contributed by atoms with E-state index in [1.54, 1.807) is 0 Å². The number of anilines is 2. The maximum Gasteiger partial charge on any atom is 0.134 e. The quantitative estimate of drug-likeness (QED) is 0.801. The van der Waals surface area contributed by atoms with E-state index < -0.39 is 0 Å². The van der Waals surface area contributed by atoms with Crippen LogP contribution in [0.25, 0.3) is 0 Å². The van der Waals surface area contributed by atoms with Crippen LogP contribution in [0.5, 0.6) is 0 Å². The van der Waals surface area contributed by atoms with Gasteiger partial charge in [-0.05, 0) is 46.2 Å². The van der Waals surface area contributed by atoms with Gasteiger partial charge in [-0.25, -0.2) is 9.97 Å². The summed E-state index contributed by atoms with van der Waals surface area (Å²) in [7, 11) is 0. The summed E-state index contributed by atoms with van der Waals surface area (Å²) < 4.78 is 0. The fraction of sp³-hybridized carbons (Fsp3) is 0.733. The molecule has 2 N–H and O–H groups in total. The molecule has 0 bridgehead atoms. The molecule has 1 aromatic rings. The fourth-order valence-electron chi connectivity index (χ4n) is 2.55. The zero-order chi connectivity index (χ0) is 14.4. The Bertz CT molecular complexity index is 427. The number of aryl methyl sites for hydroxylation is 1. The Morgan fingerprint density at radius 1 is 1.00 bits per heavy atom. The van der Waals surface area contributed by atoms with Crippen LogP contribution in [0.15, 0.2) is 0 Å². The smallest absolute Gasteiger partial charge is 0.134 e. The zero-order valence-corrected chi connectivity index (χ0v) is 13.0. The van der Waals surface area contributed by atoms with Crippen molar-refractivity contribution in [1.29, 1.82) is 0 Å². The van der Waals surface area contributed by atoms with Crippen LogP contribution < -0.4 is 10.6 Å². The van der Waals surface area contributed by atoms with Gasteiger partial charge in [0.1, 0.15) is 17.5 Å². The van der Waals surface area contributed by atoms with E-state index in [1.807, 2.05) is 6.92 Å². The highest BCUT2D eigenvalue weighted by Gasteiger charge is 2.12. The standard InChI is InChI=1S/C15H27N5/c1-4-7-16-14-12(2)15(19-13(3)18-14)17-8-11-20-9-5-6-10-20/h4-11H2,1-3H3,(H2,16,17,18,19). The van der Waals surface area contributed by atoms with Crippen molar-refractivity contribution in [2.24, 2.45) is 0 Å². The molecule has 5 heteroatoms. The second-order valence-corrected chi connectivity index (χ2v) is 5.50. The van der Waals surface area contributed by atoms with E-state index in [0.717, 1.165) is 49.1 Å². The van der Waals surface area contributed by atoms with Crippen LogP contribution in [-0.2, 0) is 0 Å². The fourth-order valence-corrected chi connectivity index (χ4v) is 2.55. The minimum atomic E-state index is 0.817. The Kier molecular flexibility index (Phi) is 5.59. The first kappa shape index (κ1) is 15.0. The van der Waals surface area contributed by atoms with Gasteiger partial charge < -0.3 is 15.5 Å². The molecule has 5 nitrogen and oxygen atoms in total. The summed E-state index contributed by atoms with van der Waals surface area (Å²) in [6.45, 7) is 11.7. The second-order valence-electron chi connectivity index (χ2n) is 5.50. The van der Waals surface area contributed by atoms with Crippen molar-refractivity contribution >= 4 is 11.6 Å². The Morgan fingerprint density at radius 2 is 1.60 bits per heavy atom. The molecule has 112 valence electrons. The molecule has 2 heterocycles. The van der Waals surface area contributed by atoms with E-state index in [0.29, 0.717) is 0 Å². The summed E-state index contributed by atoms with van der Waals surface area (Å²) in [6, 6.07) is 0. The van der Waals surface area contributed by atoms with Crippen LogP contribution in [0.1, 0.15) is 37.6 Å². The van der Waals surface area contributed by atoms with Gasteiger partial charge in [0.15, 0.2) is 0 Å². The topological polar surface area (TPSA) is 53.1 Å². The molecular formula is C15H27N5. The van der Waals surface area contributed by atoms with Crippen LogP contribution in [0.2, 0.25) is 0 Å². The molecule has 0 atom stereocenters. The highest BCUT2D eigenvalue weighted by Crippen LogP contribution is 2.19. The molecule has 1 aliphatic heterocycles. The SMILES string of the molecule is CCCNc1nc(C)nc(NCCN2CCCC2)c1C. The molecule has 2 rings (SSSR count). The number of rotatable bonds is 7. The highest BCUT2D eigenvalue weighted by atomic mass is 15.2. The van der Waals surface area contributed by atoms with Crippen LogP contribution in [0, 0.1) is 13.8 Å². The van der Waals surface area contributed by atoms with Crippen molar-refractivity contribution < 1.29 is 0 Å². The van der Waals surface area contributed by atoms with Crippen molar-refractivity contribution in [3.05, 3.63) is 11.4 Å². The number of likely N-dealkylation sites (tertiary alicyclic amines) is 1. The number of hydrogen-bond donors (Lipinski definition) is 2. The Labute approximate surface area is 122 Å². The van der Waals surface area contributed by atoms with Gasteiger partial charge in [-0.15, -0.1) is 0 Å². The molecule has 0 saturated carbocycles. The molecule has 0 unspecified atom stereocenters. The van der Waals surface area contributed by atoms with Crippen LogP contribution >= 0.6 is 0 Å². The molecular weight excluding hydrogens is 250 g/mol. The third kappa shape index (κ3) is 4.07. The lowest BCUT2D eigenvalue weighted by Crippen LogP contribution is -2.26. The lowest BCUT2D eigenvalue weighted by Gasteiger charge is -2.17. The first-order chi connectivity index (χ1) is 9.70. The highest BCUT2D eigenvalue weighted by molar-refractivity contribution is 5.57. The van der Waals surface area contributed by atoms with E-state index in [4.69, 9.17) is 0 Å². The van der Waals surface area contributed by atoms with Crippen molar-refractivity contribution in [2.75, 3.05) is 43.4 Å². The third-order valence-corrected chi connectivity index (χ3v) is 3.72.